The molecule has 5 rings (SSSR count). The predicted molar refractivity (Wildman–Crippen MR) is 161 cm³/mol. The molecule has 216 valence electrons. The molecule has 0 bridgehead atoms. The minimum atomic E-state index is -0.0582. The van der Waals surface area contributed by atoms with Gasteiger partial charge in [0.15, 0.2) is 0 Å². The SMILES string of the molecule is O=C(NCCCN1CCOCC1)c1cc(NC(=O)C2CCCCC2)ccc1N1CCC(Cc2ccccc2)CC1. The van der Waals surface area contributed by atoms with Gasteiger partial charge in [-0.05, 0) is 74.8 Å². The molecule has 0 radical (unpaired) electrons. The first-order chi connectivity index (χ1) is 19.7. The second kappa shape index (κ2) is 14.6. The highest BCUT2D eigenvalue weighted by atomic mass is 16.5. The van der Waals surface area contributed by atoms with Gasteiger partial charge in [-0.25, -0.2) is 0 Å². The van der Waals surface area contributed by atoms with E-state index in [1.807, 2.05) is 18.2 Å². The largest absolute Gasteiger partial charge is 0.379 e. The summed E-state index contributed by atoms with van der Waals surface area (Å²) >= 11 is 0. The van der Waals surface area contributed by atoms with Crippen molar-refractivity contribution in [3.8, 4) is 0 Å². The number of carbonyl (C=O) groups is 2. The molecule has 2 saturated heterocycles. The second-order valence-electron chi connectivity index (χ2n) is 11.7. The molecule has 0 spiro atoms. The Morgan fingerprint density at radius 2 is 1.62 bits per heavy atom. The number of hydrogen-bond donors (Lipinski definition) is 2. The molecular formula is C33H46N4O3. The van der Waals surface area contributed by atoms with Crippen LogP contribution in [0.2, 0.25) is 0 Å². The lowest BCUT2D eigenvalue weighted by atomic mass is 9.88. The lowest BCUT2D eigenvalue weighted by molar-refractivity contribution is -0.120. The van der Waals surface area contributed by atoms with E-state index in [4.69, 9.17) is 4.74 Å². The van der Waals surface area contributed by atoms with Crippen molar-refractivity contribution < 1.29 is 14.3 Å². The van der Waals surface area contributed by atoms with Crippen LogP contribution in [0.4, 0.5) is 11.4 Å². The van der Waals surface area contributed by atoms with E-state index in [-0.39, 0.29) is 17.7 Å². The Morgan fingerprint density at radius 3 is 2.38 bits per heavy atom. The van der Waals surface area contributed by atoms with Crippen LogP contribution in [0, 0.1) is 11.8 Å². The van der Waals surface area contributed by atoms with Gasteiger partial charge in [-0.2, -0.15) is 0 Å². The number of piperidine rings is 1. The van der Waals surface area contributed by atoms with Crippen LogP contribution in [0.3, 0.4) is 0 Å². The number of nitrogens with one attached hydrogen (secondary N) is 2. The molecule has 0 unspecified atom stereocenters. The van der Waals surface area contributed by atoms with E-state index < -0.39 is 0 Å². The summed E-state index contributed by atoms with van der Waals surface area (Å²) < 4.78 is 5.44. The number of rotatable bonds is 10. The van der Waals surface area contributed by atoms with E-state index in [0.29, 0.717) is 18.0 Å². The zero-order valence-electron chi connectivity index (χ0n) is 23.9. The number of morpholine rings is 1. The van der Waals surface area contributed by atoms with Crippen LogP contribution in [0.15, 0.2) is 48.5 Å². The molecule has 2 aromatic rings. The lowest BCUT2D eigenvalue weighted by Gasteiger charge is -2.35. The zero-order chi connectivity index (χ0) is 27.6. The molecule has 2 amide bonds. The third kappa shape index (κ3) is 8.07. The summed E-state index contributed by atoms with van der Waals surface area (Å²) in [5, 5.41) is 6.29. The zero-order valence-corrected chi connectivity index (χ0v) is 23.9. The molecule has 3 fully saturated rings. The maximum absolute atomic E-state index is 13.5. The summed E-state index contributed by atoms with van der Waals surface area (Å²) in [5.41, 5.74) is 3.75. The lowest BCUT2D eigenvalue weighted by Crippen LogP contribution is -2.38. The Labute approximate surface area is 239 Å². The first kappa shape index (κ1) is 28.6. The smallest absolute Gasteiger partial charge is 0.253 e. The quantitative estimate of drug-likeness (QED) is 0.405. The van der Waals surface area contributed by atoms with Gasteiger partial charge in [-0.1, -0.05) is 49.6 Å². The summed E-state index contributed by atoms with van der Waals surface area (Å²) in [6, 6.07) is 16.6. The van der Waals surface area contributed by atoms with Crippen molar-refractivity contribution in [3.05, 3.63) is 59.7 Å². The number of hydrogen-bond acceptors (Lipinski definition) is 5. The Morgan fingerprint density at radius 1 is 0.875 bits per heavy atom. The third-order valence-electron chi connectivity index (χ3n) is 8.85. The Hall–Kier alpha value is -2.90. The molecule has 0 atom stereocenters. The molecule has 40 heavy (non-hydrogen) atoms. The normalized spacial score (nSPS) is 19.4. The van der Waals surface area contributed by atoms with Crippen LogP contribution >= 0.6 is 0 Å². The van der Waals surface area contributed by atoms with E-state index in [2.05, 4.69) is 50.8 Å². The Balaban J connectivity index is 1.23. The van der Waals surface area contributed by atoms with Crippen molar-refractivity contribution in [2.45, 2.75) is 57.8 Å². The van der Waals surface area contributed by atoms with E-state index >= 15 is 0 Å². The van der Waals surface area contributed by atoms with Gasteiger partial charge in [0.25, 0.3) is 5.91 Å². The highest BCUT2D eigenvalue weighted by molar-refractivity contribution is 6.02. The first-order valence-electron chi connectivity index (χ1n) is 15.5. The molecule has 2 aliphatic heterocycles. The molecule has 7 heteroatoms. The summed E-state index contributed by atoms with van der Waals surface area (Å²) in [4.78, 5) is 31.2. The van der Waals surface area contributed by atoms with Crippen LogP contribution in [0.5, 0.6) is 0 Å². The average Bonchev–Trinajstić information content (AvgIpc) is 3.01. The van der Waals surface area contributed by atoms with E-state index in [1.54, 1.807) is 0 Å². The maximum atomic E-state index is 13.5. The highest BCUT2D eigenvalue weighted by Crippen LogP contribution is 2.31. The molecule has 2 aromatic carbocycles. The third-order valence-corrected chi connectivity index (χ3v) is 8.85. The van der Waals surface area contributed by atoms with Gasteiger partial charge in [-0.15, -0.1) is 0 Å². The van der Waals surface area contributed by atoms with Crippen molar-refractivity contribution in [3.63, 3.8) is 0 Å². The van der Waals surface area contributed by atoms with Crippen LogP contribution < -0.4 is 15.5 Å². The number of carbonyl (C=O) groups excluding carboxylic acids is 2. The minimum Gasteiger partial charge on any atom is -0.379 e. The van der Waals surface area contributed by atoms with Crippen LogP contribution in [-0.4, -0.2) is 69.2 Å². The number of benzene rings is 2. The standard InChI is InChI=1S/C33H46N4O3/c38-32(28-10-5-2-6-11-28)35-29-12-13-31(37-18-14-27(15-19-37)24-26-8-3-1-4-9-26)30(25-29)33(39)34-16-7-17-36-20-22-40-23-21-36/h1,3-4,8-9,12-13,25,27-28H,2,5-7,10-11,14-24H2,(H,34,39)(H,35,38). The topological polar surface area (TPSA) is 73.9 Å². The fraction of sp³-hybridized carbons (Fsp3) is 0.576. The molecule has 3 aliphatic rings. The Kier molecular flexibility index (Phi) is 10.5. The van der Waals surface area contributed by atoms with Crippen molar-refractivity contribution in [1.82, 2.24) is 10.2 Å². The fourth-order valence-corrected chi connectivity index (χ4v) is 6.43. The molecule has 2 heterocycles. The van der Waals surface area contributed by atoms with Gasteiger partial charge in [0.2, 0.25) is 5.91 Å². The van der Waals surface area contributed by atoms with Crippen LogP contribution in [0.1, 0.15) is 67.3 Å². The Bertz CT molecular complexity index is 1090. The van der Waals surface area contributed by atoms with Crippen LogP contribution in [0.25, 0.3) is 0 Å². The van der Waals surface area contributed by atoms with E-state index in [9.17, 15) is 9.59 Å². The number of amides is 2. The molecule has 7 nitrogen and oxygen atoms in total. The van der Waals surface area contributed by atoms with Gasteiger partial charge in [0.05, 0.1) is 18.8 Å². The second-order valence-corrected chi connectivity index (χ2v) is 11.7. The molecule has 1 saturated carbocycles. The first-order valence-corrected chi connectivity index (χ1v) is 15.5. The minimum absolute atomic E-state index is 0.0582. The number of anilines is 2. The van der Waals surface area contributed by atoms with Gasteiger partial charge < -0.3 is 20.3 Å². The van der Waals surface area contributed by atoms with Crippen LogP contribution in [-0.2, 0) is 16.0 Å². The summed E-state index contributed by atoms with van der Waals surface area (Å²) in [6.07, 6.45) is 9.60. The van der Waals surface area contributed by atoms with Crippen molar-refractivity contribution >= 4 is 23.2 Å². The molecular weight excluding hydrogens is 500 g/mol. The van der Waals surface area contributed by atoms with E-state index in [1.165, 1.54) is 12.0 Å². The van der Waals surface area contributed by atoms with E-state index in [0.717, 1.165) is 109 Å². The number of ether oxygens (including phenoxy) is 1. The predicted octanol–water partition coefficient (Wildman–Crippen LogP) is 5.12. The van der Waals surface area contributed by atoms with Gasteiger partial charge >= 0.3 is 0 Å². The van der Waals surface area contributed by atoms with Gasteiger partial charge in [-0.3, -0.25) is 14.5 Å². The van der Waals surface area contributed by atoms with Gasteiger partial charge in [0, 0.05) is 50.0 Å². The fourth-order valence-electron chi connectivity index (χ4n) is 6.43. The molecule has 0 aromatic heterocycles. The van der Waals surface area contributed by atoms with Crippen molar-refractivity contribution in [2.24, 2.45) is 11.8 Å². The van der Waals surface area contributed by atoms with Crippen molar-refractivity contribution in [1.29, 1.82) is 0 Å². The maximum Gasteiger partial charge on any atom is 0.253 e. The van der Waals surface area contributed by atoms with Gasteiger partial charge in [0.1, 0.15) is 0 Å². The molecule has 2 N–H and O–H groups in total. The monoisotopic (exact) mass is 546 g/mol. The highest BCUT2D eigenvalue weighted by Gasteiger charge is 2.25. The summed E-state index contributed by atoms with van der Waals surface area (Å²) in [6.45, 7) is 6.96. The van der Waals surface area contributed by atoms with Crippen molar-refractivity contribution in [2.75, 3.05) is 62.7 Å². The summed E-state index contributed by atoms with van der Waals surface area (Å²) in [7, 11) is 0. The average molecular weight is 547 g/mol. The summed E-state index contributed by atoms with van der Waals surface area (Å²) in [5.74, 6) is 0.767. The number of nitrogens with zero attached hydrogens (tertiary/aromatic N) is 2. The molecule has 1 aliphatic carbocycles.